The third kappa shape index (κ3) is 5.76. The molecule has 182 valence electrons. The SMILES string of the molecule is CC(=NN=C(N)N)c1cccc(NC(=O)c2ccc(Nc3ccnc4ccc(N(C)C)cc34)cc2)c1. The van der Waals surface area contributed by atoms with Crippen LogP contribution in [0.15, 0.2) is 89.2 Å². The fourth-order valence-electron chi connectivity index (χ4n) is 3.60. The number of hydrogen-bond donors (Lipinski definition) is 4. The van der Waals surface area contributed by atoms with Crippen molar-refractivity contribution in [3.05, 3.63) is 90.1 Å². The van der Waals surface area contributed by atoms with Gasteiger partial charge < -0.3 is 27.0 Å². The Bertz CT molecular complexity index is 1450. The van der Waals surface area contributed by atoms with E-state index in [2.05, 4.69) is 36.8 Å². The molecule has 0 saturated heterocycles. The van der Waals surface area contributed by atoms with Crippen LogP contribution in [0.1, 0.15) is 22.8 Å². The molecule has 1 aromatic heterocycles. The third-order valence-electron chi connectivity index (χ3n) is 5.52. The lowest BCUT2D eigenvalue weighted by molar-refractivity contribution is 0.102. The predicted molar refractivity (Wildman–Crippen MR) is 148 cm³/mol. The molecule has 0 unspecified atom stereocenters. The van der Waals surface area contributed by atoms with Crippen LogP contribution in [0.4, 0.5) is 22.7 Å². The van der Waals surface area contributed by atoms with E-state index in [0.717, 1.165) is 33.5 Å². The first-order chi connectivity index (χ1) is 17.3. The summed E-state index contributed by atoms with van der Waals surface area (Å²) < 4.78 is 0. The standard InChI is InChI=1S/C27H28N8O/c1-17(33-34-27(28)29)19-5-4-6-21(15-19)32-26(36)18-7-9-20(10-8-18)31-25-13-14-30-24-12-11-22(35(2)3)16-23(24)25/h4-16H,1-3H3,(H,30,31)(H,32,36)(H4,28,29,34). The Hall–Kier alpha value is -4.92. The number of nitrogens with two attached hydrogens (primary N) is 2. The maximum atomic E-state index is 12.8. The number of nitrogens with zero attached hydrogens (tertiary/aromatic N) is 4. The zero-order valence-corrected chi connectivity index (χ0v) is 20.4. The van der Waals surface area contributed by atoms with E-state index < -0.39 is 0 Å². The third-order valence-corrected chi connectivity index (χ3v) is 5.52. The highest BCUT2D eigenvalue weighted by atomic mass is 16.1. The molecular formula is C27H28N8O. The number of anilines is 4. The quantitative estimate of drug-likeness (QED) is 0.177. The molecule has 0 spiro atoms. The van der Waals surface area contributed by atoms with Gasteiger partial charge in [-0.05, 0) is 73.2 Å². The van der Waals surface area contributed by atoms with E-state index in [4.69, 9.17) is 11.5 Å². The van der Waals surface area contributed by atoms with Gasteiger partial charge in [0.15, 0.2) is 0 Å². The molecule has 9 heteroatoms. The Morgan fingerprint density at radius 2 is 1.67 bits per heavy atom. The molecule has 0 aliphatic heterocycles. The van der Waals surface area contributed by atoms with Crippen molar-refractivity contribution in [3.8, 4) is 0 Å². The Morgan fingerprint density at radius 1 is 0.889 bits per heavy atom. The molecule has 0 fully saturated rings. The zero-order chi connectivity index (χ0) is 25.7. The fraction of sp³-hybridized carbons (Fsp3) is 0.111. The number of rotatable bonds is 7. The minimum atomic E-state index is -0.220. The summed E-state index contributed by atoms with van der Waals surface area (Å²) in [5, 5.41) is 15.0. The molecule has 36 heavy (non-hydrogen) atoms. The van der Waals surface area contributed by atoms with E-state index in [1.54, 1.807) is 25.3 Å². The zero-order valence-electron chi connectivity index (χ0n) is 20.4. The van der Waals surface area contributed by atoms with Crippen LogP contribution in [0, 0.1) is 0 Å². The molecule has 6 N–H and O–H groups in total. The lowest BCUT2D eigenvalue weighted by Crippen LogP contribution is -2.22. The highest BCUT2D eigenvalue weighted by Crippen LogP contribution is 2.28. The van der Waals surface area contributed by atoms with Gasteiger partial charge in [-0.15, -0.1) is 5.10 Å². The van der Waals surface area contributed by atoms with Crippen LogP contribution in [0.25, 0.3) is 10.9 Å². The monoisotopic (exact) mass is 480 g/mol. The van der Waals surface area contributed by atoms with Crippen molar-refractivity contribution in [1.82, 2.24) is 4.98 Å². The molecule has 4 aromatic rings. The van der Waals surface area contributed by atoms with Crippen LogP contribution in [0.3, 0.4) is 0 Å². The normalized spacial score (nSPS) is 11.1. The van der Waals surface area contributed by atoms with Crippen LogP contribution in [-0.4, -0.2) is 36.7 Å². The van der Waals surface area contributed by atoms with Crippen LogP contribution in [0.2, 0.25) is 0 Å². The van der Waals surface area contributed by atoms with E-state index in [1.807, 2.05) is 68.7 Å². The number of aromatic nitrogens is 1. The summed E-state index contributed by atoms with van der Waals surface area (Å²) in [4.78, 5) is 19.3. The number of amides is 1. The summed E-state index contributed by atoms with van der Waals surface area (Å²) in [5.41, 5.74) is 17.0. The number of nitrogens with one attached hydrogen (secondary N) is 2. The fourth-order valence-corrected chi connectivity index (χ4v) is 3.60. The van der Waals surface area contributed by atoms with Gasteiger partial charge >= 0.3 is 0 Å². The average molecular weight is 481 g/mol. The van der Waals surface area contributed by atoms with Crippen molar-refractivity contribution in [1.29, 1.82) is 0 Å². The summed E-state index contributed by atoms with van der Waals surface area (Å²) in [6.07, 6.45) is 1.78. The van der Waals surface area contributed by atoms with E-state index in [-0.39, 0.29) is 11.9 Å². The molecule has 0 radical (unpaired) electrons. The highest BCUT2D eigenvalue weighted by Gasteiger charge is 2.09. The minimum absolute atomic E-state index is 0.118. The van der Waals surface area contributed by atoms with Gasteiger partial charge in [0, 0.05) is 54.0 Å². The Labute approximate surface area is 209 Å². The largest absolute Gasteiger partial charge is 0.378 e. The molecule has 1 heterocycles. The second-order valence-electron chi connectivity index (χ2n) is 8.40. The van der Waals surface area contributed by atoms with Crippen LogP contribution in [-0.2, 0) is 0 Å². The number of carbonyl (C=O) groups excluding carboxylic acids is 1. The van der Waals surface area contributed by atoms with E-state index >= 15 is 0 Å². The summed E-state index contributed by atoms with van der Waals surface area (Å²) >= 11 is 0. The Kier molecular flexibility index (Phi) is 7.10. The van der Waals surface area contributed by atoms with E-state index in [9.17, 15) is 4.79 Å². The van der Waals surface area contributed by atoms with E-state index in [0.29, 0.717) is 17.0 Å². The van der Waals surface area contributed by atoms with Crippen molar-refractivity contribution >= 4 is 51.2 Å². The van der Waals surface area contributed by atoms with Crippen LogP contribution >= 0.6 is 0 Å². The van der Waals surface area contributed by atoms with Gasteiger partial charge in [0.05, 0.1) is 11.2 Å². The van der Waals surface area contributed by atoms with Gasteiger partial charge in [-0.1, -0.05) is 12.1 Å². The molecule has 0 aliphatic carbocycles. The number of carbonyl (C=O) groups is 1. The van der Waals surface area contributed by atoms with Gasteiger partial charge in [-0.25, -0.2) is 0 Å². The van der Waals surface area contributed by atoms with Crippen molar-refractivity contribution < 1.29 is 4.79 Å². The van der Waals surface area contributed by atoms with E-state index in [1.165, 1.54) is 0 Å². The molecule has 0 aliphatic rings. The number of fused-ring (bicyclic) bond motifs is 1. The van der Waals surface area contributed by atoms with Gasteiger partial charge in [0.2, 0.25) is 5.96 Å². The second-order valence-corrected chi connectivity index (χ2v) is 8.40. The summed E-state index contributed by atoms with van der Waals surface area (Å²) in [5.74, 6) is -0.338. The van der Waals surface area contributed by atoms with Crippen molar-refractivity contribution in [3.63, 3.8) is 0 Å². The van der Waals surface area contributed by atoms with Crippen LogP contribution < -0.4 is 27.0 Å². The topological polar surface area (TPSA) is 134 Å². The van der Waals surface area contributed by atoms with Gasteiger partial charge in [0.1, 0.15) is 0 Å². The molecule has 4 rings (SSSR count). The lowest BCUT2D eigenvalue weighted by atomic mass is 10.1. The maximum absolute atomic E-state index is 12.8. The van der Waals surface area contributed by atoms with Crippen molar-refractivity contribution in [2.45, 2.75) is 6.92 Å². The highest BCUT2D eigenvalue weighted by molar-refractivity contribution is 6.06. The first-order valence-electron chi connectivity index (χ1n) is 11.3. The lowest BCUT2D eigenvalue weighted by Gasteiger charge is -2.15. The number of pyridine rings is 1. The summed E-state index contributed by atoms with van der Waals surface area (Å²) in [6.45, 7) is 1.78. The summed E-state index contributed by atoms with van der Waals surface area (Å²) in [7, 11) is 4.01. The second kappa shape index (κ2) is 10.6. The smallest absolute Gasteiger partial charge is 0.255 e. The molecule has 0 saturated carbocycles. The van der Waals surface area contributed by atoms with Gasteiger partial charge in [-0.3, -0.25) is 9.78 Å². The Morgan fingerprint density at radius 3 is 2.39 bits per heavy atom. The number of guanidine groups is 1. The first-order valence-corrected chi connectivity index (χ1v) is 11.3. The van der Waals surface area contributed by atoms with Crippen molar-refractivity contribution in [2.24, 2.45) is 21.7 Å². The first kappa shape index (κ1) is 24.2. The Balaban J connectivity index is 1.48. The van der Waals surface area contributed by atoms with Gasteiger partial charge in [0.25, 0.3) is 5.91 Å². The number of hydrogen-bond acceptors (Lipinski definition) is 6. The average Bonchev–Trinajstić information content (AvgIpc) is 2.87. The van der Waals surface area contributed by atoms with Crippen molar-refractivity contribution in [2.75, 3.05) is 29.6 Å². The molecule has 0 atom stereocenters. The molecule has 9 nitrogen and oxygen atoms in total. The number of benzene rings is 3. The molecule has 3 aromatic carbocycles. The molecule has 0 bridgehead atoms. The minimum Gasteiger partial charge on any atom is -0.378 e. The maximum Gasteiger partial charge on any atom is 0.255 e. The molecule has 1 amide bonds. The summed E-state index contributed by atoms with van der Waals surface area (Å²) in [6, 6.07) is 22.7. The van der Waals surface area contributed by atoms with Gasteiger partial charge in [-0.2, -0.15) is 5.10 Å². The van der Waals surface area contributed by atoms with Crippen LogP contribution in [0.5, 0.6) is 0 Å². The predicted octanol–water partition coefficient (Wildman–Crippen LogP) is 4.29. The molecular weight excluding hydrogens is 452 g/mol.